The van der Waals surface area contributed by atoms with E-state index in [9.17, 15) is 14.0 Å². The van der Waals surface area contributed by atoms with Crippen LogP contribution in [0.2, 0.25) is 5.02 Å². The molecule has 0 bridgehead atoms. The van der Waals surface area contributed by atoms with Crippen LogP contribution >= 0.6 is 11.6 Å². The number of hydrogen-bond donors (Lipinski definition) is 4. The minimum atomic E-state index is -0.911. The van der Waals surface area contributed by atoms with Crippen LogP contribution in [0.15, 0.2) is 24.4 Å². The van der Waals surface area contributed by atoms with Crippen molar-refractivity contribution in [2.45, 2.75) is 0 Å². The fourth-order valence-electron chi connectivity index (χ4n) is 1.80. The van der Waals surface area contributed by atoms with E-state index in [1.165, 1.54) is 18.3 Å². The highest BCUT2D eigenvalue weighted by Gasteiger charge is 2.19. The Morgan fingerprint density at radius 2 is 1.95 bits per heavy atom. The van der Waals surface area contributed by atoms with Crippen molar-refractivity contribution in [3.8, 4) is 11.3 Å². The maximum Gasteiger partial charge on any atom is 0.316 e. The van der Waals surface area contributed by atoms with Gasteiger partial charge in [0.05, 0.1) is 16.9 Å². The number of carbonyl (C=O) groups is 2. The van der Waals surface area contributed by atoms with Gasteiger partial charge in [0.25, 0.3) is 5.91 Å². The average molecular weight is 297 g/mol. The summed E-state index contributed by atoms with van der Waals surface area (Å²) in [5.41, 5.74) is 11.0. The molecule has 0 fully saturated rings. The summed E-state index contributed by atoms with van der Waals surface area (Å²) in [5, 5.41) is 1.92. The molecular weight excluding hydrogens is 287 g/mol. The summed E-state index contributed by atoms with van der Waals surface area (Å²) >= 11 is 5.82. The number of amides is 3. The van der Waals surface area contributed by atoms with Gasteiger partial charge in [-0.2, -0.15) is 0 Å². The Kier molecular flexibility index (Phi) is 3.62. The van der Waals surface area contributed by atoms with Crippen molar-refractivity contribution >= 4 is 29.2 Å². The summed E-state index contributed by atoms with van der Waals surface area (Å²) in [6.07, 6.45) is 1.49. The molecule has 0 saturated heterocycles. The third-order valence-electron chi connectivity index (χ3n) is 2.62. The monoisotopic (exact) mass is 296 g/mol. The van der Waals surface area contributed by atoms with E-state index in [4.69, 9.17) is 23.1 Å². The number of benzene rings is 1. The first kappa shape index (κ1) is 13.9. The SMILES string of the molecule is NC(=O)Nc1c(-c2[nH]ccc2C(N)=O)ccc(F)c1Cl. The van der Waals surface area contributed by atoms with E-state index in [1.54, 1.807) is 0 Å². The highest BCUT2D eigenvalue weighted by atomic mass is 35.5. The molecule has 0 aliphatic rings. The highest BCUT2D eigenvalue weighted by molar-refractivity contribution is 6.34. The minimum absolute atomic E-state index is 0.0379. The fourth-order valence-corrected chi connectivity index (χ4v) is 2.01. The number of anilines is 1. The Bertz CT molecular complexity index is 699. The molecule has 1 aromatic carbocycles. The molecule has 3 amide bonds. The van der Waals surface area contributed by atoms with Gasteiger partial charge in [0.15, 0.2) is 0 Å². The molecule has 8 heteroatoms. The van der Waals surface area contributed by atoms with Crippen LogP contribution in [0.5, 0.6) is 0 Å². The number of H-pyrrole nitrogens is 1. The lowest BCUT2D eigenvalue weighted by molar-refractivity contribution is 0.100. The van der Waals surface area contributed by atoms with Crippen molar-refractivity contribution in [1.29, 1.82) is 0 Å². The first-order valence-corrected chi connectivity index (χ1v) is 5.81. The van der Waals surface area contributed by atoms with Gasteiger partial charge in [-0.15, -0.1) is 0 Å². The van der Waals surface area contributed by atoms with Crippen LogP contribution in [0.3, 0.4) is 0 Å². The topological polar surface area (TPSA) is 114 Å². The third-order valence-corrected chi connectivity index (χ3v) is 2.99. The van der Waals surface area contributed by atoms with Gasteiger partial charge >= 0.3 is 6.03 Å². The van der Waals surface area contributed by atoms with Crippen LogP contribution in [0.4, 0.5) is 14.9 Å². The van der Waals surface area contributed by atoms with Crippen LogP contribution < -0.4 is 16.8 Å². The van der Waals surface area contributed by atoms with Gasteiger partial charge in [-0.3, -0.25) is 4.79 Å². The standard InChI is InChI=1S/C12H10ClFN4O2/c13-8-7(14)2-1-5(10(8)18-12(16)20)9-6(11(15)19)3-4-17-9/h1-4,17H,(H2,15,19)(H3,16,18,20). The molecule has 1 heterocycles. The quantitative estimate of drug-likeness (QED) is 0.694. The molecular formula is C12H10ClFN4O2. The van der Waals surface area contributed by atoms with E-state index in [-0.39, 0.29) is 16.3 Å². The molecule has 104 valence electrons. The largest absolute Gasteiger partial charge is 0.366 e. The lowest BCUT2D eigenvalue weighted by Crippen LogP contribution is -2.20. The fraction of sp³-hybridized carbons (Fsp3) is 0. The molecule has 6 N–H and O–H groups in total. The summed E-state index contributed by atoms with van der Waals surface area (Å²) in [4.78, 5) is 25.1. The van der Waals surface area contributed by atoms with Crippen molar-refractivity contribution < 1.29 is 14.0 Å². The van der Waals surface area contributed by atoms with Crippen molar-refractivity contribution in [3.05, 3.63) is 40.8 Å². The minimum Gasteiger partial charge on any atom is -0.366 e. The van der Waals surface area contributed by atoms with Gasteiger partial charge in [-0.1, -0.05) is 11.6 Å². The summed E-state index contributed by atoms with van der Waals surface area (Å²) in [6, 6.07) is 3.01. The maximum absolute atomic E-state index is 13.5. The Morgan fingerprint density at radius 1 is 1.25 bits per heavy atom. The summed E-state index contributed by atoms with van der Waals surface area (Å²) in [5.74, 6) is -1.40. The van der Waals surface area contributed by atoms with Gasteiger partial charge < -0.3 is 21.8 Å². The summed E-state index contributed by atoms with van der Waals surface area (Å²) < 4.78 is 13.5. The van der Waals surface area contributed by atoms with Gasteiger partial charge in [0, 0.05) is 11.8 Å². The Morgan fingerprint density at radius 3 is 2.55 bits per heavy atom. The first-order chi connectivity index (χ1) is 9.41. The van der Waals surface area contributed by atoms with Gasteiger partial charge in [-0.25, -0.2) is 9.18 Å². The van der Waals surface area contributed by atoms with E-state index in [0.717, 1.165) is 6.07 Å². The molecule has 20 heavy (non-hydrogen) atoms. The van der Waals surface area contributed by atoms with E-state index in [0.29, 0.717) is 11.3 Å². The predicted molar refractivity (Wildman–Crippen MR) is 72.9 cm³/mol. The summed E-state index contributed by atoms with van der Waals surface area (Å²) in [7, 11) is 0. The Hall–Kier alpha value is -2.54. The molecule has 6 nitrogen and oxygen atoms in total. The van der Waals surface area contributed by atoms with Crippen LogP contribution in [0.1, 0.15) is 10.4 Å². The molecule has 2 rings (SSSR count). The number of aromatic amines is 1. The zero-order chi connectivity index (χ0) is 14.9. The number of urea groups is 1. The number of halogens is 2. The van der Waals surface area contributed by atoms with E-state index >= 15 is 0 Å². The predicted octanol–water partition coefficient (Wildman–Crippen LogP) is 2.06. The van der Waals surface area contributed by atoms with E-state index < -0.39 is 17.8 Å². The molecule has 0 atom stereocenters. The number of hydrogen-bond acceptors (Lipinski definition) is 2. The Balaban J connectivity index is 2.67. The number of carbonyl (C=O) groups excluding carboxylic acids is 2. The number of nitrogens with one attached hydrogen (secondary N) is 2. The van der Waals surface area contributed by atoms with Crippen LogP contribution in [-0.2, 0) is 0 Å². The maximum atomic E-state index is 13.5. The molecule has 0 aliphatic heterocycles. The second-order valence-electron chi connectivity index (χ2n) is 3.90. The van der Waals surface area contributed by atoms with E-state index in [1.807, 2.05) is 0 Å². The van der Waals surface area contributed by atoms with Crippen LogP contribution in [0, 0.1) is 5.82 Å². The van der Waals surface area contributed by atoms with Crippen molar-refractivity contribution in [2.75, 3.05) is 5.32 Å². The first-order valence-electron chi connectivity index (χ1n) is 5.43. The number of primary amides is 2. The molecule has 0 aliphatic carbocycles. The molecule has 0 spiro atoms. The summed E-state index contributed by atoms with van der Waals surface area (Å²) in [6.45, 7) is 0. The second-order valence-corrected chi connectivity index (χ2v) is 4.28. The van der Waals surface area contributed by atoms with Crippen molar-refractivity contribution in [2.24, 2.45) is 11.5 Å². The molecule has 0 unspecified atom stereocenters. The molecule has 2 aromatic rings. The normalized spacial score (nSPS) is 10.3. The second kappa shape index (κ2) is 5.22. The smallest absolute Gasteiger partial charge is 0.316 e. The molecule has 0 radical (unpaired) electrons. The lowest BCUT2D eigenvalue weighted by atomic mass is 10.1. The number of rotatable bonds is 3. The lowest BCUT2D eigenvalue weighted by Gasteiger charge is -2.12. The zero-order valence-electron chi connectivity index (χ0n) is 10.0. The molecule has 1 aromatic heterocycles. The van der Waals surface area contributed by atoms with Crippen molar-refractivity contribution in [1.82, 2.24) is 4.98 Å². The highest BCUT2D eigenvalue weighted by Crippen LogP contribution is 2.36. The van der Waals surface area contributed by atoms with Gasteiger partial charge in [-0.05, 0) is 18.2 Å². The number of nitrogens with two attached hydrogens (primary N) is 2. The molecule has 0 saturated carbocycles. The number of aromatic nitrogens is 1. The van der Waals surface area contributed by atoms with Gasteiger partial charge in [0.2, 0.25) is 0 Å². The van der Waals surface area contributed by atoms with Crippen LogP contribution in [-0.4, -0.2) is 16.9 Å². The zero-order valence-corrected chi connectivity index (χ0v) is 10.8. The average Bonchev–Trinajstić information content (AvgIpc) is 2.84. The Labute approximate surface area is 117 Å². The van der Waals surface area contributed by atoms with Gasteiger partial charge in [0.1, 0.15) is 10.8 Å². The van der Waals surface area contributed by atoms with Crippen molar-refractivity contribution in [3.63, 3.8) is 0 Å². The van der Waals surface area contributed by atoms with Crippen LogP contribution in [0.25, 0.3) is 11.3 Å². The third kappa shape index (κ3) is 2.43. The van der Waals surface area contributed by atoms with E-state index in [2.05, 4.69) is 10.3 Å².